The Morgan fingerprint density at radius 3 is 2.70 bits per heavy atom. The van der Waals surface area contributed by atoms with Gasteiger partial charge in [0.15, 0.2) is 0 Å². The molecule has 1 heterocycles. The molecule has 114 valence electrons. The van der Waals surface area contributed by atoms with Crippen molar-refractivity contribution in [3.63, 3.8) is 0 Å². The number of hydrogen-bond donors (Lipinski definition) is 1. The highest BCUT2D eigenvalue weighted by molar-refractivity contribution is 5.47. The van der Waals surface area contributed by atoms with E-state index in [1.165, 1.54) is 6.20 Å². The van der Waals surface area contributed by atoms with E-state index in [0.29, 0.717) is 12.6 Å². The van der Waals surface area contributed by atoms with Gasteiger partial charge in [-0.2, -0.15) is 0 Å². The maximum Gasteiger partial charge on any atom is 0.141 e. The maximum absolute atomic E-state index is 13.5. The Balaban J connectivity index is 3.03. The molecule has 0 aliphatic heterocycles. The van der Waals surface area contributed by atoms with E-state index in [4.69, 9.17) is 0 Å². The molecule has 0 fully saturated rings. The molecular formula is C16H28FN3. The number of rotatable bonds is 9. The van der Waals surface area contributed by atoms with E-state index in [9.17, 15) is 4.39 Å². The molecule has 1 aromatic rings. The van der Waals surface area contributed by atoms with Crippen LogP contribution in [-0.2, 0) is 6.54 Å². The summed E-state index contributed by atoms with van der Waals surface area (Å²) < 4.78 is 13.5. The Morgan fingerprint density at radius 2 is 2.10 bits per heavy atom. The molecule has 0 bridgehead atoms. The van der Waals surface area contributed by atoms with Gasteiger partial charge in [-0.3, -0.25) is 0 Å². The lowest BCUT2D eigenvalue weighted by Crippen LogP contribution is -2.35. The zero-order chi connectivity index (χ0) is 15.0. The number of hydrogen-bond acceptors (Lipinski definition) is 3. The van der Waals surface area contributed by atoms with Crippen molar-refractivity contribution < 1.29 is 4.39 Å². The summed E-state index contributed by atoms with van der Waals surface area (Å²) in [5, 5.41) is 3.27. The van der Waals surface area contributed by atoms with Crippen molar-refractivity contribution >= 4 is 5.82 Å². The zero-order valence-corrected chi connectivity index (χ0v) is 13.2. The fraction of sp³-hybridized carbons (Fsp3) is 0.688. The third-order valence-corrected chi connectivity index (χ3v) is 3.62. The van der Waals surface area contributed by atoms with Gasteiger partial charge in [-0.25, -0.2) is 9.37 Å². The van der Waals surface area contributed by atoms with Gasteiger partial charge in [0.1, 0.15) is 11.6 Å². The largest absolute Gasteiger partial charge is 0.354 e. The Hall–Kier alpha value is -1.16. The molecule has 0 aliphatic carbocycles. The van der Waals surface area contributed by atoms with Gasteiger partial charge in [-0.15, -0.1) is 0 Å². The van der Waals surface area contributed by atoms with Crippen molar-refractivity contribution in [3.8, 4) is 0 Å². The van der Waals surface area contributed by atoms with Crippen molar-refractivity contribution in [3.05, 3.63) is 23.6 Å². The summed E-state index contributed by atoms with van der Waals surface area (Å²) in [6.07, 6.45) is 4.66. The molecule has 3 nitrogen and oxygen atoms in total. The van der Waals surface area contributed by atoms with Gasteiger partial charge in [-0.05, 0) is 32.4 Å². The lowest BCUT2D eigenvalue weighted by atomic mass is 10.1. The molecule has 4 heteroatoms. The lowest BCUT2D eigenvalue weighted by molar-refractivity contribution is 0.575. The van der Waals surface area contributed by atoms with E-state index in [0.717, 1.165) is 43.7 Å². The predicted molar refractivity (Wildman–Crippen MR) is 83.6 cm³/mol. The van der Waals surface area contributed by atoms with Crippen LogP contribution in [0.15, 0.2) is 12.3 Å². The van der Waals surface area contributed by atoms with Gasteiger partial charge in [0.2, 0.25) is 0 Å². The molecule has 1 atom stereocenters. The highest BCUT2D eigenvalue weighted by Gasteiger charge is 2.17. The topological polar surface area (TPSA) is 28.2 Å². The van der Waals surface area contributed by atoms with Gasteiger partial charge in [0, 0.05) is 24.7 Å². The third kappa shape index (κ3) is 4.75. The van der Waals surface area contributed by atoms with Gasteiger partial charge in [0.05, 0.1) is 6.20 Å². The van der Waals surface area contributed by atoms with Crippen LogP contribution in [0.1, 0.15) is 52.5 Å². The van der Waals surface area contributed by atoms with E-state index >= 15 is 0 Å². The first-order valence-electron chi connectivity index (χ1n) is 7.75. The first-order valence-corrected chi connectivity index (χ1v) is 7.75. The van der Waals surface area contributed by atoms with Gasteiger partial charge in [-0.1, -0.05) is 27.2 Å². The number of halogens is 1. The summed E-state index contributed by atoms with van der Waals surface area (Å²) in [6, 6.07) is 2.02. The van der Waals surface area contributed by atoms with Crippen LogP contribution in [0.5, 0.6) is 0 Å². The second-order valence-corrected chi connectivity index (χ2v) is 5.22. The monoisotopic (exact) mass is 281 g/mol. The molecule has 0 spiro atoms. The molecule has 1 N–H and O–H groups in total. The quantitative estimate of drug-likeness (QED) is 0.747. The fourth-order valence-corrected chi connectivity index (χ4v) is 2.21. The van der Waals surface area contributed by atoms with Crippen molar-refractivity contribution in [1.82, 2.24) is 10.3 Å². The highest BCUT2D eigenvalue weighted by Crippen LogP contribution is 2.22. The second kappa shape index (κ2) is 8.90. The van der Waals surface area contributed by atoms with Crippen LogP contribution < -0.4 is 10.2 Å². The van der Waals surface area contributed by atoms with E-state index in [1.54, 1.807) is 6.07 Å². The summed E-state index contributed by atoms with van der Waals surface area (Å²) in [5.41, 5.74) is 0.947. The first-order chi connectivity index (χ1) is 9.63. The Kier molecular flexibility index (Phi) is 7.52. The van der Waals surface area contributed by atoms with Gasteiger partial charge < -0.3 is 10.2 Å². The van der Waals surface area contributed by atoms with Crippen LogP contribution >= 0.6 is 0 Å². The number of anilines is 1. The molecular weight excluding hydrogens is 253 g/mol. The smallest absolute Gasteiger partial charge is 0.141 e. The minimum absolute atomic E-state index is 0.263. The SMILES string of the molecule is CCCCN(c1ncc(F)cc1CNCC)C(C)CC. The zero-order valence-electron chi connectivity index (χ0n) is 13.2. The lowest BCUT2D eigenvalue weighted by Gasteiger charge is -2.31. The van der Waals surface area contributed by atoms with Crippen LogP contribution in [0.2, 0.25) is 0 Å². The fourth-order valence-electron chi connectivity index (χ4n) is 2.21. The van der Waals surface area contributed by atoms with E-state index in [-0.39, 0.29) is 5.82 Å². The number of unbranched alkanes of at least 4 members (excludes halogenated alkanes) is 1. The third-order valence-electron chi connectivity index (χ3n) is 3.62. The summed E-state index contributed by atoms with van der Waals surface area (Å²) in [4.78, 5) is 6.68. The molecule has 0 saturated heterocycles. The standard InChI is InChI=1S/C16H28FN3/c1-5-8-9-20(13(4)6-2)16-14(11-18-7-3)10-15(17)12-19-16/h10,12-13,18H,5-9,11H2,1-4H3. The first kappa shape index (κ1) is 16.9. The minimum Gasteiger partial charge on any atom is -0.354 e. The molecule has 0 saturated carbocycles. The van der Waals surface area contributed by atoms with E-state index in [1.807, 2.05) is 0 Å². The van der Waals surface area contributed by atoms with E-state index in [2.05, 4.69) is 42.9 Å². The van der Waals surface area contributed by atoms with Crippen LogP contribution in [0.4, 0.5) is 10.2 Å². The van der Waals surface area contributed by atoms with Gasteiger partial charge in [0.25, 0.3) is 0 Å². The molecule has 1 rings (SSSR count). The Labute approximate surface area is 122 Å². The molecule has 0 aliphatic rings. The molecule has 20 heavy (non-hydrogen) atoms. The molecule has 0 aromatic carbocycles. The second-order valence-electron chi connectivity index (χ2n) is 5.22. The summed E-state index contributed by atoms with van der Waals surface area (Å²) in [5.74, 6) is 0.663. The summed E-state index contributed by atoms with van der Waals surface area (Å²) >= 11 is 0. The molecule has 0 radical (unpaired) electrons. The van der Waals surface area contributed by atoms with Crippen LogP contribution in [-0.4, -0.2) is 24.1 Å². The van der Waals surface area contributed by atoms with Crippen molar-refractivity contribution in [2.75, 3.05) is 18.0 Å². The molecule has 0 amide bonds. The predicted octanol–water partition coefficient (Wildman–Crippen LogP) is 3.74. The van der Waals surface area contributed by atoms with Crippen LogP contribution in [0.25, 0.3) is 0 Å². The Morgan fingerprint density at radius 1 is 1.35 bits per heavy atom. The number of pyridine rings is 1. The number of nitrogens with one attached hydrogen (secondary N) is 1. The normalized spacial score (nSPS) is 12.4. The number of nitrogens with zero attached hydrogens (tertiary/aromatic N) is 2. The molecule has 1 unspecified atom stereocenters. The molecule has 1 aromatic heterocycles. The van der Waals surface area contributed by atoms with E-state index < -0.39 is 0 Å². The van der Waals surface area contributed by atoms with Crippen LogP contribution in [0, 0.1) is 5.82 Å². The van der Waals surface area contributed by atoms with Crippen LogP contribution in [0.3, 0.4) is 0 Å². The number of aromatic nitrogens is 1. The summed E-state index contributed by atoms with van der Waals surface area (Å²) in [7, 11) is 0. The highest BCUT2D eigenvalue weighted by atomic mass is 19.1. The Bertz CT molecular complexity index is 395. The average molecular weight is 281 g/mol. The average Bonchev–Trinajstić information content (AvgIpc) is 2.46. The maximum atomic E-state index is 13.5. The van der Waals surface area contributed by atoms with Crippen molar-refractivity contribution in [1.29, 1.82) is 0 Å². The van der Waals surface area contributed by atoms with Crippen molar-refractivity contribution in [2.45, 2.75) is 59.5 Å². The minimum atomic E-state index is -0.263. The summed E-state index contributed by atoms with van der Waals surface area (Å²) in [6.45, 7) is 11.1. The van der Waals surface area contributed by atoms with Gasteiger partial charge >= 0.3 is 0 Å². The van der Waals surface area contributed by atoms with Crippen molar-refractivity contribution in [2.24, 2.45) is 0 Å².